The van der Waals surface area contributed by atoms with Crippen LogP contribution in [0.3, 0.4) is 0 Å². The van der Waals surface area contributed by atoms with Crippen LogP contribution in [0, 0.1) is 0 Å². The van der Waals surface area contributed by atoms with Gasteiger partial charge in [0.25, 0.3) is 0 Å². The van der Waals surface area contributed by atoms with Crippen LogP contribution < -0.4 is 35.9 Å². The minimum absolute atomic E-state index is 0. The molecule has 4 aromatic rings. The van der Waals surface area contributed by atoms with Gasteiger partial charge >= 0.3 is 0 Å². The van der Waals surface area contributed by atoms with Gasteiger partial charge in [-0.3, -0.25) is 0 Å². The summed E-state index contributed by atoms with van der Waals surface area (Å²) in [7, 11) is 7.04. The molecular weight excluding hydrogens is 402 g/mol. The lowest BCUT2D eigenvalue weighted by Gasteiger charge is -2.15. The van der Waals surface area contributed by atoms with Gasteiger partial charge in [-0.15, -0.1) is 0 Å². The van der Waals surface area contributed by atoms with Crippen LogP contribution in [0.5, 0.6) is 23.0 Å². The lowest BCUT2D eigenvalue weighted by Crippen LogP contribution is -3.00. The van der Waals surface area contributed by atoms with E-state index in [0.29, 0.717) is 5.75 Å². The molecule has 0 amide bonds. The number of benzene rings is 3. The topological polar surface area (TPSA) is 40.8 Å². The normalized spacial score (nSPS) is 11.0. The van der Waals surface area contributed by atoms with Gasteiger partial charge in [-0.25, -0.2) is 0 Å². The van der Waals surface area contributed by atoms with Crippen molar-refractivity contribution in [2.24, 2.45) is 7.05 Å². The Balaban J connectivity index is 0.00000256. The minimum atomic E-state index is 0. The zero-order valence-corrected chi connectivity index (χ0v) is 18.8. The molecule has 4 rings (SSSR count). The van der Waals surface area contributed by atoms with Crippen molar-refractivity contribution < 1.29 is 35.9 Å². The second-order valence-corrected chi connectivity index (χ2v) is 7.39. The van der Waals surface area contributed by atoms with E-state index in [9.17, 15) is 0 Å². The van der Waals surface area contributed by atoms with Crippen LogP contribution in [-0.2, 0) is 7.05 Å². The summed E-state index contributed by atoms with van der Waals surface area (Å²) in [4.78, 5) is 0. The van der Waals surface area contributed by atoms with Crippen molar-refractivity contribution in [3.05, 3.63) is 42.6 Å². The van der Waals surface area contributed by atoms with E-state index in [1.54, 1.807) is 21.3 Å². The Morgan fingerprint density at radius 1 is 0.700 bits per heavy atom. The molecule has 0 atom stereocenters. The molecule has 0 aliphatic rings. The number of aryl methyl sites for hydroxylation is 1. The van der Waals surface area contributed by atoms with Crippen LogP contribution >= 0.6 is 0 Å². The van der Waals surface area contributed by atoms with Crippen molar-refractivity contribution in [2.45, 2.75) is 20.0 Å². The van der Waals surface area contributed by atoms with E-state index in [1.165, 1.54) is 0 Å². The van der Waals surface area contributed by atoms with E-state index in [4.69, 9.17) is 18.9 Å². The number of fused-ring (bicyclic) bond motifs is 5. The molecule has 0 spiro atoms. The molecule has 0 radical (unpaired) electrons. The zero-order valence-electron chi connectivity index (χ0n) is 18.1. The molecule has 0 saturated carbocycles. The Morgan fingerprint density at radius 2 is 1.27 bits per heavy atom. The summed E-state index contributed by atoms with van der Waals surface area (Å²) in [6, 6.07) is 12.4. The van der Waals surface area contributed by atoms with Gasteiger partial charge in [-0.2, -0.15) is 4.57 Å². The maximum atomic E-state index is 5.95. The number of pyridine rings is 1. The highest BCUT2D eigenvalue weighted by Gasteiger charge is 2.19. The first-order chi connectivity index (χ1) is 14.0. The fourth-order valence-electron chi connectivity index (χ4n) is 3.93. The van der Waals surface area contributed by atoms with E-state index >= 15 is 0 Å². The van der Waals surface area contributed by atoms with Crippen LogP contribution in [0.2, 0.25) is 0 Å². The molecule has 0 unspecified atom stereocenters. The third-order valence-corrected chi connectivity index (χ3v) is 5.17. The van der Waals surface area contributed by atoms with Crippen LogP contribution in [0.25, 0.3) is 32.4 Å². The molecule has 5 nitrogen and oxygen atoms in total. The maximum Gasteiger partial charge on any atom is 0.220 e. The van der Waals surface area contributed by atoms with E-state index in [1.807, 2.05) is 32.0 Å². The maximum absolute atomic E-state index is 5.95. The van der Waals surface area contributed by atoms with Crippen LogP contribution in [0.4, 0.5) is 0 Å². The van der Waals surface area contributed by atoms with Crippen molar-refractivity contribution in [3.63, 3.8) is 0 Å². The summed E-state index contributed by atoms with van der Waals surface area (Å²) in [6.45, 7) is 4.02. The van der Waals surface area contributed by atoms with E-state index in [-0.39, 0.29) is 18.5 Å². The molecule has 0 bridgehead atoms. The molecule has 0 aliphatic carbocycles. The predicted molar refractivity (Wildman–Crippen MR) is 116 cm³/mol. The summed E-state index contributed by atoms with van der Waals surface area (Å²) in [5, 5.41) is 5.54. The summed E-state index contributed by atoms with van der Waals surface area (Å²) in [6.07, 6.45) is 2.19. The standard InChI is InChI=1S/C24H26NO4.ClH/c1-14(2)29-23-9-15-7-8-17-18-11-21(27-5)20(26-4)10-16(18)13-25(3)24(17)19(15)12-22(23)28-6;/h7-14H,1-6H3;1H/q+1;/p-1. The van der Waals surface area contributed by atoms with Gasteiger partial charge in [0.2, 0.25) is 5.52 Å². The second kappa shape index (κ2) is 8.44. The van der Waals surface area contributed by atoms with Gasteiger partial charge in [-0.05, 0) is 49.6 Å². The number of hydrogen-bond donors (Lipinski definition) is 0. The second-order valence-electron chi connectivity index (χ2n) is 7.39. The average molecular weight is 428 g/mol. The Kier molecular flexibility index (Phi) is 6.13. The molecule has 0 N–H and O–H groups in total. The number of rotatable bonds is 5. The first-order valence-corrected chi connectivity index (χ1v) is 9.62. The number of ether oxygens (including phenoxy) is 4. The van der Waals surface area contributed by atoms with Crippen molar-refractivity contribution in [2.75, 3.05) is 21.3 Å². The number of hydrogen-bond acceptors (Lipinski definition) is 4. The molecule has 3 aromatic carbocycles. The van der Waals surface area contributed by atoms with Crippen LogP contribution in [0.15, 0.2) is 42.6 Å². The lowest BCUT2D eigenvalue weighted by molar-refractivity contribution is -0.642. The fourth-order valence-corrected chi connectivity index (χ4v) is 3.93. The van der Waals surface area contributed by atoms with Gasteiger partial charge in [0.05, 0.1) is 43.6 Å². The Morgan fingerprint density at radius 3 is 1.90 bits per heavy atom. The SMILES string of the molecule is COc1cc2c[n+](C)c3c4cc(OC)c(OC(C)C)cc4ccc3c2cc1OC.[Cl-]. The highest BCUT2D eigenvalue weighted by molar-refractivity contribution is 6.14. The van der Waals surface area contributed by atoms with E-state index in [0.717, 1.165) is 49.7 Å². The highest BCUT2D eigenvalue weighted by atomic mass is 35.5. The molecule has 0 saturated heterocycles. The summed E-state index contributed by atoms with van der Waals surface area (Å²) in [5.74, 6) is 2.92. The number of nitrogens with zero attached hydrogens (tertiary/aromatic N) is 1. The Hall–Kier alpha value is -2.92. The van der Waals surface area contributed by atoms with Gasteiger partial charge in [0.15, 0.2) is 29.2 Å². The third kappa shape index (κ3) is 3.54. The first kappa shape index (κ1) is 21.8. The van der Waals surface area contributed by atoms with Crippen molar-refractivity contribution in [1.82, 2.24) is 0 Å². The van der Waals surface area contributed by atoms with Gasteiger partial charge in [0.1, 0.15) is 7.05 Å². The quantitative estimate of drug-likeness (QED) is 0.359. The molecule has 30 heavy (non-hydrogen) atoms. The predicted octanol–water partition coefficient (Wildman–Crippen LogP) is 1.79. The van der Waals surface area contributed by atoms with Crippen molar-refractivity contribution in [1.29, 1.82) is 0 Å². The third-order valence-electron chi connectivity index (χ3n) is 5.17. The Labute approximate surface area is 182 Å². The number of methoxy groups -OCH3 is 3. The minimum Gasteiger partial charge on any atom is -1.00 e. The van der Waals surface area contributed by atoms with Gasteiger partial charge in [0, 0.05) is 5.39 Å². The van der Waals surface area contributed by atoms with E-state index < -0.39 is 0 Å². The Bertz CT molecular complexity index is 1240. The van der Waals surface area contributed by atoms with E-state index in [2.05, 4.69) is 36.0 Å². The molecule has 0 fully saturated rings. The summed E-state index contributed by atoms with van der Waals surface area (Å²) < 4.78 is 24.7. The molecule has 1 heterocycles. The smallest absolute Gasteiger partial charge is 0.220 e. The largest absolute Gasteiger partial charge is 1.00 e. The number of aromatic nitrogens is 1. The average Bonchev–Trinajstić information content (AvgIpc) is 2.71. The molecule has 158 valence electrons. The molecule has 6 heteroatoms. The van der Waals surface area contributed by atoms with Gasteiger partial charge in [-0.1, -0.05) is 6.07 Å². The highest BCUT2D eigenvalue weighted by Crippen LogP contribution is 2.39. The van der Waals surface area contributed by atoms with Crippen LogP contribution in [-0.4, -0.2) is 27.4 Å². The molecular formula is C24H26ClNO4. The van der Waals surface area contributed by atoms with Gasteiger partial charge < -0.3 is 31.4 Å². The summed E-state index contributed by atoms with van der Waals surface area (Å²) in [5.41, 5.74) is 1.12. The first-order valence-electron chi connectivity index (χ1n) is 9.62. The number of halogens is 1. The fraction of sp³-hybridized carbons (Fsp3) is 0.292. The van der Waals surface area contributed by atoms with Crippen molar-refractivity contribution in [3.8, 4) is 23.0 Å². The monoisotopic (exact) mass is 427 g/mol. The zero-order chi connectivity index (χ0) is 20.7. The summed E-state index contributed by atoms with van der Waals surface area (Å²) >= 11 is 0. The molecule has 0 aliphatic heterocycles. The molecule has 1 aromatic heterocycles. The van der Waals surface area contributed by atoms with Crippen LogP contribution in [0.1, 0.15) is 13.8 Å². The van der Waals surface area contributed by atoms with Crippen molar-refractivity contribution >= 4 is 32.4 Å². The lowest BCUT2D eigenvalue weighted by atomic mass is 10.00.